The summed E-state index contributed by atoms with van der Waals surface area (Å²) in [4.78, 5) is 0. The summed E-state index contributed by atoms with van der Waals surface area (Å²) >= 11 is 5.88. The zero-order valence-corrected chi connectivity index (χ0v) is 12.8. The Morgan fingerprint density at radius 3 is 2.53 bits per heavy atom. The number of sulfone groups is 1. The average molecular weight is 307 g/mol. The quantitative estimate of drug-likeness (QED) is 0.723. The molecule has 2 nitrogen and oxygen atoms in total. The molecule has 0 heterocycles. The van der Waals surface area contributed by atoms with Crippen LogP contribution in [0.25, 0.3) is 0 Å². The smallest absolute Gasteiger partial charge is 0.152 e. The van der Waals surface area contributed by atoms with Crippen LogP contribution >= 0.6 is 11.6 Å². The van der Waals surface area contributed by atoms with Crippen molar-refractivity contribution in [2.24, 2.45) is 5.92 Å². The molecule has 5 heteroatoms. The molecule has 1 unspecified atom stereocenters. The molecule has 0 amide bonds. The van der Waals surface area contributed by atoms with Gasteiger partial charge in [0, 0.05) is 5.88 Å². The van der Waals surface area contributed by atoms with Gasteiger partial charge < -0.3 is 0 Å². The zero-order valence-electron chi connectivity index (χ0n) is 11.3. The van der Waals surface area contributed by atoms with Crippen LogP contribution in [0.4, 0.5) is 4.39 Å². The zero-order chi connectivity index (χ0) is 14.5. The van der Waals surface area contributed by atoms with Crippen LogP contribution in [0, 0.1) is 11.7 Å². The molecule has 0 saturated carbocycles. The normalized spacial score (nSPS) is 13.7. The van der Waals surface area contributed by atoms with E-state index in [-0.39, 0.29) is 22.7 Å². The molecule has 0 saturated heterocycles. The second-order valence-electron chi connectivity index (χ2n) is 5.06. The minimum Gasteiger partial charge on any atom is -0.229 e. The Kier molecular flexibility index (Phi) is 6.27. The van der Waals surface area contributed by atoms with E-state index in [2.05, 4.69) is 0 Å². The van der Waals surface area contributed by atoms with Gasteiger partial charge in [0.15, 0.2) is 9.84 Å². The standard InChI is InChI=1S/C14H20ClFO2S/c1-11(2)19(17,18)7-6-13(10-15)8-12-4-3-5-14(16)9-12/h3-5,9,11,13H,6-8,10H2,1-2H3. The molecule has 0 bridgehead atoms. The lowest BCUT2D eigenvalue weighted by Crippen LogP contribution is -2.21. The summed E-state index contributed by atoms with van der Waals surface area (Å²) in [7, 11) is -3.04. The topological polar surface area (TPSA) is 34.1 Å². The fourth-order valence-corrected chi connectivity index (χ4v) is 3.19. The van der Waals surface area contributed by atoms with Gasteiger partial charge in [-0.25, -0.2) is 12.8 Å². The Labute approximate surface area is 119 Å². The summed E-state index contributed by atoms with van der Waals surface area (Å²) in [5.74, 6) is 0.291. The summed E-state index contributed by atoms with van der Waals surface area (Å²) < 4.78 is 36.6. The highest BCUT2D eigenvalue weighted by Crippen LogP contribution is 2.17. The molecule has 1 aromatic rings. The van der Waals surface area contributed by atoms with Crippen LogP contribution in [-0.4, -0.2) is 25.3 Å². The highest BCUT2D eigenvalue weighted by molar-refractivity contribution is 7.91. The van der Waals surface area contributed by atoms with E-state index in [1.165, 1.54) is 12.1 Å². The monoisotopic (exact) mass is 306 g/mol. The first-order valence-electron chi connectivity index (χ1n) is 6.37. The first-order chi connectivity index (χ1) is 8.85. The molecule has 1 aromatic carbocycles. The minimum absolute atomic E-state index is 0.0528. The van der Waals surface area contributed by atoms with E-state index >= 15 is 0 Å². The highest BCUT2D eigenvalue weighted by Gasteiger charge is 2.19. The first kappa shape index (κ1) is 16.4. The van der Waals surface area contributed by atoms with Crippen molar-refractivity contribution in [3.05, 3.63) is 35.6 Å². The predicted molar refractivity (Wildman–Crippen MR) is 77.9 cm³/mol. The second-order valence-corrected chi connectivity index (χ2v) is 8.04. The predicted octanol–water partition coefficient (Wildman–Crippen LogP) is 3.44. The van der Waals surface area contributed by atoms with Crippen molar-refractivity contribution in [3.8, 4) is 0 Å². The van der Waals surface area contributed by atoms with E-state index in [0.717, 1.165) is 5.56 Å². The average Bonchev–Trinajstić information content (AvgIpc) is 2.34. The number of benzene rings is 1. The third-order valence-electron chi connectivity index (χ3n) is 3.16. The maximum Gasteiger partial charge on any atom is 0.152 e. The summed E-state index contributed by atoms with van der Waals surface area (Å²) in [5, 5.41) is -0.363. The van der Waals surface area contributed by atoms with E-state index < -0.39 is 9.84 Å². The molecular formula is C14H20ClFO2S. The minimum atomic E-state index is -3.04. The lowest BCUT2D eigenvalue weighted by atomic mass is 9.99. The largest absolute Gasteiger partial charge is 0.229 e. The molecule has 0 aromatic heterocycles. The molecule has 1 atom stereocenters. The van der Waals surface area contributed by atoms with Crippen molar-refractivity contribution in [2.75, 3.05) is 11.6 Å². The van der Waals surface area contributed by atoms with Crippen LogP contribution in [0.3, 0.4) is 0 Å². The molecule has 0 radical (unpaired) electrons. The van der Waals surface area contributed by atoms with Gasteiger partial charge in [-0.15, -0.1) is 11.6 Å². The van der Waals surface area contributed by atoms with Crippen LogP contribution in [0.15, 0.2) is 24.3 Å². The number of hydrogen-bond donors (Lipinski definition) is 0. The fraction of sp³-hybridized carbons (Fsp3) is 0.571. The molecular weight excluding hydrogens is 287 g/mol. The van der Waals surface area contributed by atoms with Crippen LogP contribution in [0.1, 0.15) is 25.8 Å². The summed E-state index contributed by atoms with van der Waals surface area (Å²) in [6, 6.07) is 6.35. The van der Waals surface area contributed by atoms with Gasteiger partial charge in [-0.1, -0.05) is 12.1 Å². The van der Waals surface area contributed by atoms with Crippen LogP contribution in [-0.2, 0) is 16.3 Å². The van der Waals surface area contributed by atoms with Crippen LogP contribution in [0.2, 0.25) is 0 Å². The van der Waals surface area contributed by atoms with Gasteiger partial charge in [-0.3, -0.25) is 0 Å². The molecule has 1 rings (SSSR count). The Balaban J connectivity index is 2.60. The van der Waals surface area contributed by atoms with E-state index in [1.54, 1.807) is 19.9 Å². The lowest BCUT2D eigenvalue weighted by molar-refractivity contribution is 0.541. The Morgan fingerprint density at radius 2 is 2.00 bits per heavy atom. The number of alkyl halides is 1. The first-order valence-corrected chi connectivity index (χ1v) is 8.62. The molecule has 0 N–H and O–H groups in total. The van der Waals surface area contributed by atoms with Gasteiger partial charge in [0.05, 0.1) is 11.0 Å². The third kappa shape index (κ3) is 5.49. The van der Waals surface area contributed by atoms with Gasteiger partial charge in [0.1, 0.15) is 5.82 Å². The summed E-state index contributed by atoms with van der Waals surface area (Å²) in [6.07, 6.45) is 1.12. The molecule has 0 aliphatic carbocycles. The van der Waals surface area contributed by atoms with E-state index in [0.29, 0.717) is 18.7 Å². The number of rotatable bonds is 7. The van der Waals surface area contributed by atoms with Crippen molar-refractivity contribution in [1.82, 2.24) is 0 Å². The van der Waals surface area contributed by atoms with Crippen LogP contribution < -0.4 is 0 Å². The van der Waals surface area contributed by atoms with Crippen LogP contribution in [0.5, 0.6) is 0 Å². The molecule has 19 heavy (non-hydrogen) atoms. The SMILES string of the molecule is CC(C)S(=O)(=O)CCC(CCl)Cc1cccc(F)c1. The maximum atomic E-state index is 13.1. The fourth-order valence-electron chi connectivity index (χ4n) is 1.80. The van der Waals surface area contributed by atoms with Gasteiger partial charge in [-0.05, 0) is 50.3 Å². The van der Waals surface area contributed by atoms with Crippen molar-refractivity contribution in [1.29, 1.82) is 0 Å². The Bertz CT molecular complexity index is 500. The van der Waals surface area contributed by atoms with Gasteiger partial charge in [0.25, 0.3) is 0 Å². The van der Waals surface area contributed by atoms with Crippen molar-refractivity contribution in [3.63, 3.8) is 0 Å². The van der Waals surface area contributed by atoms with Gasteiger partial charge >= 0.3 is 0 Å². The molecule has 0 fully saturated rings. The lowest BCUT2D eigenvalue weighted by Gasteiger charge is -2.15. The molecule has 108 valence electrons. The highest BCUT2D eigenvalue weighted by atomic mass is 35.5. The third-order valence-corrected chi connectivity index (χ3v) is 5.84. The van der Waals surface area contributed by atoms with E-state index in [4.69, 9.17) is 11.6 Å². The Morgan fingerprint density at radius 1 is 1.32 bits per heavy atom. The van der Waals surface area contributed by atoms with Gasteiger partial charge in [0.2, 0.25) is 0 Å². The summed E-state index contributed by atoms with van der Waals surface area (Å²) in [6.45, 7) is 3.36. The summed E-state index contributed by atoms with van der Waals surface area (Å²) in [5.41, 5.74) is 0.854. The molecule has 0 spiro atoms. The van der Waals surface area contributed by atoms with Crippen molar-refractivity contribution in [2.45, 2.75) is 31.9 Å². The second kappa shape index (κ2) is 7.25. The number of hydrogen-bond acceptors (Lipinski definition) is 2. The molecule has 0 aliphatic rings. The maximum absolute atomic E-state index is 13.1. The molecule has 0 aliphatic heterocycles. The van der Waals surface area contributed by atoms with E-state index in [9.17, 15) is 12.8 Å². The van der Waals surface area contributed by atoms with E-state index in [1.807, 2.05) is 6.07 Å². The van der Waals surface area contributed by atoms with Gasteiger partial charge in [-0.2, -0.15) is 0 Å². The van der Waals surface area contributed by atoms with Crippen molar-refractivity contribution < 1.29 is 12.8 Å². The Hall–Kier alpha value is -0.610. The van der Waals surface area contributed by atoms with Crippen molar-refractivity contribution >= 4 is 21.4 Å². The number of halogens is 2.